The molecule has 0 saturated heterocycles. The zero-order valence-corrected chi connectivity index (χ0v) is 11.2. The minimum Gasteiger partial charge on any atom is -0.368 e. The van der Waals surface area contributed by atoms with Crippen LogP contribution in [0.15, 0.2) is 42.6 Å². The first-order valence-electron chi connectivity index (χ1n) is 6.40. The molecule has 1 aromatic carbocycles. The van der Waals surface area contributed by atoms with Crippen molar-refractivity contribution in [3.05, 3.63) is 53.9 Å². The largest absolute Gasteiger partial charge is 0.368 e. The average Bonchev–Trinajstić information content (AvgIpc) is 2.44. The van der Waals surface area contributed by atoms with Crippen LogP contribution in [0.1, 0.15) is 11.3 Å². The Morgan fingerprint density at radius 2 is 2.00 bits per heavy atom. The normalized spacial score (nSPS) is 10.7. The standard InChI is InChI=1S/C15H15N5/c1-10-8-13(20-15(16)19-10)18-9-12-5-2-4-11-6-3-7-17-14(11)12/h2-8H,9H2,1H3,(H3,16,18,19,20). The van der Waals surface area contributed by atoms with Crippen molar-refractivity contribution in [1.82, 2.24) is 15.0 Å². The SMILES string of the molecule is Cc1cc(NCc2cccc3cccnc23)nc(N)n1. The molecular weight excluding hydrogens is 250 g/mol. The summed E-state index contributed by atoms with van der Waals surface area (Å²) in [6.07, 6.45) is 1.80. The van der Waals surface area contributed by atoms with Gasteiger partial charge in [0.05, 0.1) is 5.52 Å². The monoisotopic (exact) mass is 265 g/mol. The Morgan fingerprint density at radius 3 is 2.85 bits per heavy atom. The molecule has 2 aromatic heterocycles. The lowest BCUT2D eigenvalue weighted by molar-refractivity contribution is 1.07. The number of aryl methyl sites for hydroxylation is 1. The van der Waals surface area contributed by atoms with Gasteiger partial charge in [-0.15, -0.1) is 0 Å². The highest BCUT2D eigenvalue weighted by Crippen LogP contribution is 2.17. The fraction of sp³-hybridized carbons (Fsp3) is 0.133. The highest BCUT2D eigenvalue weighted by Gasteiger charge is 2.03. The smallest absolute Gasteiger partial charge is 0.222 e. The summed E-state index contributed by atoms with van der Waals surface area (Å²) in [7, 11) is 0. The van der Waals surface area contributed by atoms with E-state index in [1.807, 2.05) is 25.1 Å². The maximum Gasteiger partial charge on any atom is 0.222 e. The third-order valence-electron chi connectivity index (χ3n) is 3.05. The number of anilines is 2. The molecule has 0 fully saturated rings. The van der Waals surface area contributed by atoms with Gasteiger partial charge >= 0.3 is 0 Å². The number of aromatic nitrogens is 3. The Kier molecular flexibility index (Phi) is 3.16. The molecule has 0 aliphatic carbocycles. The van der Waals surface area contributed by atoms with Crippen LogP contribution in [-0.2, 0) is 6.54 Å². The Morgan fingerprint density at radius 1 is 1.15 bits per heavy atom. The molecule has 0 saturated carbocycles. The molecule has 0 aliphatic rings. The van der Waals surface area contributed by atoms with E-state index in [4.69, 9.17) is 5.73 Å². The number of nitrogens with two attached hydrogens (primary N) is 1. The number of nitrogen functional groups attached to an aromatic ring is 1. The second kappa shape index (κ2) is 5.13. The first-order valence-corrected chi connectivity index (χ1v) is 6.40. The Balaban J connectivity index is 1.87. The number of para-hydroxylation sites is 1. The van der Waals surface area contributed by atoms with E-state index in [2.05, 4.69) is 38.5 Å². The summed E-state index contributed by atoms with van der Waals surface area (Å²) in [6, 6.07) is 12.0. The molecule has 0 radical (unpaired) electrons. The Labute approximate surface area is 116 Å². The number of rotatable bonds is 3. The summed E-state index contributed by atoms with van der Waals surface area (Å²) in [4.78, 5) is 12.6. The fourth-order valence-corrected chi connectivity index (χ4v) is 2.18. The predicted octanol–water partition coefficient (Wildman–Crippen LogP) is 2.53. The number of fused-ring (bicyclic) bond motifs is 1. The van der Waals surface area contributed by atoms with E-state index in [-0.39, 0.29) is 5.95 Å². The van der Waals surface area contributed by atoms with E-state index in [1.165, 1.54) is 0 Å². The molecule has 0 aliphatic heterocycles. The van der Waals surface area contributed by atoms with Gasteiger partial charge < -0.3 is 11.1 Å². The lowest BCUT2D eigenvalue weighted by Crippen LogP contribution is -2.05. The van der Waals surface area contributed by atoms with Crippen LogP contribution in [0.4, 0.5) is 11.8 Å². The number of hydrogen-bond donors (Lipinski definition) is 2. The summed E-state index contributed by atoms with van der Waals surface area (Å²) in [5.74, 6) is 1.01. The quantitative estimate of drug-likeness (QED) is 0.761. The van der Waals surface area contributed by atoms with Gasteiger partial charge in [-0.2, -0.15) is 4.98 Å². The van der Waals surface area contributed by atoms with E-state index < -0.39 is 0 Å². The van der Waals surface area contributed by atoms with E-state index >= 15 is 0 Å². The fourth-order valence-electron chi connectivity index (χ4n) is 2.18. The van der Waals surface area contributed by atoms with Gasteiger partial charge in [-0.1, -0.05) is 24.3 Å². The van der Waals surface area contributed by atoms with E-state index in [0.29, 0.717) is 6.54 Å². The van der Waals surface area contributed by atoms with Crippen molar-refractivity contribution in [3.63, 3.8) is 0 Å². The third-order valence-corrected chi connectivity index (χ3v) is 3.05. The number of pyridine rings is 1. The van der Waals surface area contributed by atoms with Crippen molar-refractivity contribution in [1.29, 1.82) is 0 Å². The minimum absolute atomic E-state index is 0.281. The molecule has 0 atom stereocenters. The van der Waals surface area contributed by atoms with E-state index in [9.17, 15) is 0 Å². The first kappa shape index (κ1) is 12.3. The van der Waals surface area contributed by atoms with Crippen LogP contribution in [0.5, 0.6) is 0 Å². The molecule has 0 amide bonds. The molecular formula is C15H15N5. The minimum atomic E-state index is 0.281. The highest BCUT2D eigenvalue weighted by molar-refractivity contribution is 5.81. The molecule has 3 aromatic rings. The molecule has 3 rings (SSSR count). The summed E-state index contributed by atoms with van der Waals surface area (Å²) in [5.41, 5.74) is 8.61. The highest BCUT2D eigenvalue weighted by atomic mass is 15.1. The lowest BCUT2D eigenvalue weighted by atomic mass is 10.1. The number of nitrogens with one attached hydrogen (secondary N) is 1. The molecule has 0 unspecified atom stereocenters. The molecule has 0 bridgehead atoms. The van der Waals surface area contributed by atoms with Crippen LogP contribution in [0, 0.1) is 6.92 Å². The topological polar surface area (TPSA) is 76.7 Å². The van der Waals surface area contributed by atoms with Crippen LogP contribution in [0.3, 0.4) is 0 Å². The van der Waals surface area contributed by atoms with Crippen LogP contribution < -0.4 is 11.1 Å². The van der Waals surface area contributed by atoms with Crippen LogP contribution in [0.25, 0.3) is 10.9 Å². The van der Waals surface area contributed by atoms with Gasteiger partial charge in [0, 0.05) is 29.9 Å². The summed E-state index contributed by atoms with van der Waals surface area (Å²) in [6.45, 7) is 2.53. The third kappa shape index (κ3) is 2.51. The second-order valence-electron chi connectivity index (χ2n) is 4.60. The number of benzene rings is 1. The molecule has 100 valence electrons. The van der Waals surface area contributed by atoms with Crippen LogP contribution >= 0.6 is 0 Å². The van der Waals surface area contributed by atoms with Gasteiger partial charge in [0.25, 0.3) is 0 Å². The Bertz CT molecular complexity index is 729. The van der Waals surface area contributed by atoms with Gasteiger partial charge in [-0.3, -0.25) is 4.98 Å². The average molecular weight is 265 g/mol. The van der Waals surface area contributed by atoms with Crippen molar-refractivity contribution in [2.24, 2.45) is 0 Å². The summed E-state index contributed by atoms with van der Waals surface area (Å²) in [5, 5.41) is 4.39. The summed E-state index contributed by atoms with van der Waals surface area (Å²) < 4.78 is 0. The van der Waals surface area contributed by atoms with Crippen LogP contribution in [0.2, 0.25) is 0 Å². The molecule has 20 heavy (non-hydrogen) atoms. The van der Waals surface area contributed by atoms with Crippen molar-refractivity contribution >= 4 is 22.7 Å². The zero-order chi connectivity index (χ0) is 13.9. The van der Waals surface area contributed by atoms with Crippen molar-refractivity contribution in [2.75, 3.05) is 11.1 Å². The van der Waals surface area contributed by atoms with Crippen molar-refractivity contribution in [2.45, 2.75) is 13.5 Å². The van der Waals surface area contributed by atoms with Gasteiger partial charge in [0.15, 0.2) is 0 Å². The van der Waals surface area contributed by atoms with Gasteiger partial charge in [-0.05, 0) is 18.6 Å². The maximum absolute atomic E-state index is 5.64. The van der Waals surface area contributed by atoms with Crippen molar-refractivity contribution < 1.29 is 0 Å². The zero-order valence-electron chi connectivity index (χ0n) is 11.2. The van der Waals surface area contributed by atoms with Crippen LogP contribution in [-0.4, -0.2) is 15.0 Å². The van der Waals surface area contributed by atoms with E-state index in [0.717, 1.165) is 28.0 Å². The Hall–Kier alpha value is -2.69. The molecule has 2 heterocycles. The molecule has 5 heteroatoms. The first-order chi connectivity index (χ1) is 9.72. The molecule has 3 N–H and O–H groups in total. The predicted molar refractivity (Wildman–Crippen MR) is 80.3 cm³/mol. The van der Waals surface area contributed by atoms with Gasteiger partial charge in [0.1, 0.15) is 5.82 Å². The lowest BCUT2D eigenvalue weighted by Gasteiger charge is -2.09. The molecule has 5 nitrogen and oxygen atoms in total. The molecule has 0 spiro atoms. The second-order valence-corrected chi connectivity index (χ2v) is 4.60. The van der Waals surface area contributed by atoms with Gasteiger partial charge in [-0.25, -0.2) is 4.98 Å². The van der Waals surface area contributed by atoms with Gasteiger partial charge in [0.2, 0.25) is 5.95 Å². The van der Waals surface area contributed by atoms with Crippen molar-refractivity contribution in [3.8, 4) is 0 Å². The maximum atomic E-state index is 5.64. The van der Waals surface area contributed by atoms with E-state index in [1.54, 1.807) is 6.20 Å². The summed E-state index contributed by atoms with van der Waals surface area (Å²) >= 11 is 0. The number of hydrogen-bond acceptors (Lipinski definition) is 5. The number of nitrogens with zero attached hydrogens (tertiary/aromatic N) is 3.